The zero-order valence-corrected chi connectivity index (χ0v) is 22.6. The van der Waals surface area contributed by atoms with Crippen LogP contribution in [0.2, 0.25) is 0 Å². The van der Waals surface area contributed by atoms with Gasteiger partial charge in [0.05, 0.1) is 10.5 Å². The Kier molecular flexibility index (Phi) is 8.77. The van der Waals surface area contributed by atoms with E-state index >= 15 is 0 Å². The van der Waals surface area contributed by atoms with E-state index in [0.29, 0.717) is 16.8 Å². The highest BCUT2D eigenvalue weighted by atomic mass is 32.2. The molecule has 0 heterocycles. The molecule has 0 bridgehead atoms. The Labute approximate surface area is 235 Å². The van der Waals surface area contributed by atoms with Gasteiger partial charge in [0.15, 0.2) is 9.84 Å². The number of amides is 3. The lowest BCUT2D eigenvalue weighted by molar-refractivity contribution is -0.137. The van der Waals surface area contributed by atoms with Gasteiger partial charge in [-0.2, -0.15) is 13.2 Å². The van der Waals surface area contributed by atoms with Gasteiger partial charge in [0.25, 0.3) is 0 Å². The van der Waals surface area contributed by atoms with Crippen LogP contribution in [0, 0.1) is 0 Å². The van der Waals surface area contributed by atoms with E-state index in [-0.39, 0.29) is 17.0 Å². The molecule has 3 amide bonds. The van der Waals surface area contributed by atoms with E-state index in [2.05, 4.69) is 16.0 Å². The van der Waals surface area contributed by atoms with E-state index in [9.17, 15) is 31.2 Å². The highest BCUT2D eigenvalue weighted by Gasteiger charge is 2.30. The zero-order valence-electron chi connectivity index (χ0n) is 21.8. The second kappa shape index (κ2) is 12.3. The molecule has 0 saturated heterocycles. The molecule has 0 aliphatic heterocycles. The molecule has 0 fully saturated rings. The molecule has 7 nitrogen and oxygen atoms in total. The second-order valence-electron chi connectivity index (χ2n) is 9.25. The van der Waals surface area contributed by atoms with Crippen LogP contribution in [0.1, 0.15) is 11.1 Å². The second-order valence-corrected chi connectivity index (χ2v) is 11.2. The Hall–Kier alpha value is -4.64. The Bertz CT molecular complexity index is 1640. The smallest absolute Gasteiger partial charge is 0.326 e. The van der Waals surface area contributed by atoms with Gasteiger partial charge in [-0.3, -0.25) is 4.79 Å². The molecule has 0 radical (unpaired) electrons. The maximum Gasteiger partial charge on any atom is 0.416 e. The highest BCUT2D eigenvalue weighted by molar-refractivity contribution is 7.90. The normalized spacial score (nSPS) is 12.3. The third kappa shape index (κ3) is 7.95. The highest BCUT2D eigenvalue weighted by Crippen LogP contribution is 2.31. The largest absolute Gasteiger partial charge is 0.416 e. The Balaban J connectivity index is 1.51. The lowest BCUT2D eigenvalue weighted by Crippen LogP contribution is -2.46. The van der Waals surface area contributed by atoms with E-state index in [1.807, 2.05) is 0 Å². The predicted molar refractivity (Wildman–Crippen MR) is 151 cm³/mol. The molecule has 3 N–H and O–H groups in total. The maximum absolute atomic E-state index is 13.2. The van der Waals surface area contributed by atoms with Gasteiger partial charge in [-0.05, 0) is 47.5 Å². The van der Waals surface area contributed by atoms with Gasteiger partial charge in [-0.1, -0.05) is 66.7 Å². The molecule has 0 aromatic heterocycles. The van der Waals surface area contributed by atoms with Crippen LogP contribution in [0.15, 0.2) is 108 Å². The molecular formula is C30H26F3N3O4S. The number of halogens is 3. The van der Waals surface area contributed by atoms with Gasteiger partial charge in [-0.25, -0.2) is 13.2 Å². The number of hydrogen-bond acceptors (Lipinski definition) is 4. The van der Waals surface area contributed by atoms with Gasteiger partial charge < -0.3 is 16.0 Å². The number of anilines is 2. The first kappa shape index (κ1) is 29.3. The van der Waals surface area contributed by atoms with Crippen molar-refractivity contribution in [1.29, 1.82) is 0 Å². The summed E-state index contributed by atoms with van der Waals surface area (Å²) in [6.07, 6.45) is -3.34. The van der Waals surface area contributed by atoms with E-state index in [1.165, 1.54) is 18.2 Å². The molecule has 212 valence electrons. The number of hydrogen-bond donors (Lipinski definition) is 3. The number of rotatable bonds is 8. The van der Waals surface area contributed by atoms with E-state index < -0.39 is 39.6 Å². The average Bonchev–Trinajstić information content (AvgIpc) is 2.93. The van der Waals surface area contributed by atoms with Gasteiger partial charge in [-0.15, -0.1) is 0 Å². The van der Waals surface area contributed by atoms with Gasteiger partial charge >= 0.3 is 12.2 Å². The number of sulfone groups is 1. The Morgan fingerprint density at radius 3 is 2.10 bits per heavy atom. The molecule has 0 saturated carbocycles. The first-order chi connectivity index (χ1) is 19.4. The van der Waals surface area contributed by atoms with Crippen molar-refractivity contribution in [1.82, 2.24) is 5.32 Å². The lowest BCUT2D eigenvalue weighted by Gasteiger charge is -2.19. The fourth-order valence-electron chi connectivity index (χ4n) is 4.15. The summed E-state index contributed by atoms with van der Waals surface area (Å²) in [4.78, 5) is 26.1. The number of alkyl halides is 3. The molecule has 4 aromatic carbocycles. The minimum atomic E-state index is -4.58. The number of carbonyl (C=O) groups is 2. The molecule has 11 heteroatoms. The molecule has 0 spiro atoms. The summed E-state index contributed by atoms with van der Waals surface area (Å²) in [6, 6.07) is 24.3. The fourth-order valence-corrected chi connectivity index (χ4v) is 5.06. The molecule has 41 heavy (non-hydrogen) atoms. The first-order valence-corrected chi connectivity index (χ1v) is 14.3. The van der Waals surface area contributed by atoms with Crippen LogP contribution in [0.3, 0.4) is 0 Å². The molecule has 0 aliphatic carbocycles. The molecule has 0 unspecified atom stereocenters. The first-order valence-electron chi connectivity index (χ1n) is 12.4. The van der Waals surface area contributed by atoms with Crippen molar-refractivity contribution >= 4 is 33.2 Å². The molecular weight excluding hydrogens is 555 g/mol. The Morgan fingerprint density at radius 2 is 1.44 bits per heavy atom. The number of urea groups is 1. The summed E-state index contributed by atoms with van der Waals surface area (Å²) in [6.45, 7) is 0. The molecule has 4 rings (SSSR count). The Morgan fingerprint density at radius 1 is 0.780 bits per heavy atom. The monoisotopic (exact) mass is 581 g/mol. The van der Waals surface area contributed by atoms with Crippen molar-refractivity contribution < 1.29 is 31.2 Å². The van der Waals surface area contributed by atoms with Crippen molar-refractivity contribution in [3.63, 3.8) is 0 Å². The minimum Gasteiger partial charge on any atom is -0.326 e. The van der Waals surface area contributed by atoms with Crippen LogP contribution >= 0.6 is 0 Å². The average molecular weight is 582 g/mol. The van der Waals surface area contributed by atoms with Crippen molar-refractivity contribution in [3.05, 3.63) is 114 Å². The number of benzene rings is 4. The SMILES string of the molecule is CS(=O)(=O)c1ccccc1-c1ccc(NC(=O)[C@H](Cc2ccccc2)NC(=O)Nc2cccc(C(F)(F)F)c2)cc1. The molecule has 1 atom stereocenters. The van der Waals surface area contributed by atoms with E-state index in [4.69, 9.17) is 0 Å². The standard InChI is InChI=1S/C30H26F3N3O4S/c1-41(39,40)27-13-6-5-12-25(27)21-14-16-23(17-15-21)34-28(37)26(18-20-8-3-2-4-9-20)36-29(38)35-24-11-7-10-22(19-24)30(31,32)33/h2-17,19,26H,18H2,1H3,(H,34,37)(H2,35,36,38)/t26-/m0/s1. The van der Waals surface area contributed by atoms with E-state index in [0.717, 1.165) is 24.0 Å². The zero-order chi connectivity index (χ0) is 29.6. The summed E-state index contributed by atoms with van der Waals surface area (Å²) in [5, 5.41) is 7.63. The van der Waals surface area contributed by atoms with Gasteiger partial charge in [0.1, 0.15) is 6.04 Å². The van der Waals surface area contributed by atoms with Crippen molar-refractivity contribution in [3.8, 4) is 11.1 Å². The van der Waals surface area contributed by atoms with Gasteiger partial charge in [0, 0.05) is 29.6 Å². The van der Waals surface area contributed by atoms with Crippen LogP contribution in [0.4, 0.5) is 29.3 Å². The van der Waals surface area contributed by atoms with Crippen LogP contribution in [-0.4, -0.2) is 32.7 Å². The molecule has 0 aliphatic rings. The van der Waals surface area contributed by atoms with Crippen LogP contribution in [0.5, 0.6) is 0 Å². The summed E-state index contributed by atoms with van der Waals surface area (Å²) >= 11 is 0. The van der Waals surface area contributed by atoms with Crippen LogP contribution in [0.25, 0.3) is 11.1 Å². The summed E-state index contributed by atoms with van der Waals surface area (Å²) in [7, 11) is -3.47. The van der Waals surface area contributed by atoms with Crippen molar-refractivity contribution in [2.24, 2.45) is 0 Å². The quantitative estimate of drug-likeness (QED) is 0.232. The lowest BCUT2D eigenvalue weighted by atomic mass is 10.0. The third-order valence-corrected chi connectivity index (χ3v) is 7.26. The maximum atomic E-state index is 13.2. The third-order valence-electron chi connectivity index (χ3n) is 6.10. The van der Waals surface area contributed by atoms with Crippen molar-refractivity contribution in [2.75, 3.05) is 16.9 Å². The number of nitrogens with one attached hydrogen (secondary N) is 3. The van der Waals surface area contributed by atoms with Gasteiger partial charge in [0.2, 0.25) is 5.91 Å². The number of carbonyl (C=O) groups excluding carboxylic acids is 2. The predicted octanol–water partition coefficient (Wildman–Crippen LogP) is 6.15. The summed E-state index contributed by atoms with van der Waals surface area (Å²) in [5.41, 5.74) is 1.29. The van der Waals surface area contributed by atoms with E-state index in [1.54, 1.807) is 72.8 Å². The fraction of sp³-hybridized carbons (Fsp3) is 0.133. The topological polar surface area (TPSA) is 104 Å². The van der Waals surface area contributed by atoms with Crippen molar-refractivity contribution in [2.45, 2.75) is 23.5 Å². The van der Waals surface area contributed by atoms with Crippen LogP contribution < -0.4 is 16.0 Å². The minimum absolute atomic E-state index is 0.0823. The molecule has 4 aromatic rings. The van der Waals surface area contributed by atoms with Crippen LogP contribution in [-0.2, 0) is 27.2 Å². The summed E-state index contributed by atoms with van der Waals surface area (Å²) < 4.78 is 63.5. The summed E-state index contributed by atoms with van der Waals surface area (Å²) in [5.74, 6) is -0.558.